The van der Waals surface area contributed by atoms with E-state index in [0.717, 1.165) is 11.1 Å². The predicted molar refractivity (Wildman–Crippen MR) is 103 cm³/mol. The maximum Gasteiger partial charge on any atom is 0.268 e. The van der Waals surface area contributed by atoms with E-state index in [2.05, 4.69) is 0 Å². The molecule has 4 heteroatoms. The lowest BCUT2D eigenvalue weighted by Gasteiger charge is -2.20. The summed E-state index contributed by atoms with van der Waals surface area (Å²) < 4.78 is 27.6. The van der Waals surface area contributed by atoms with Crippen molar-refractivity contribution < 1.29 is 8.42 Å². The summed E-state index contributed by atoms with van der Waals surface area (Å²) in [5, 5.41) is 0. The van der Waals surface area contributed by atoms with Gasteiger partial charge < -0.3 is 0 Å². The summed E-state index contributed by atoms with van der Waals surface area (Å²) in [5.41, 5.74) is 2.54. The molecular formula is C21H19NO2S. The molecule has 0 aromatic heterocycles. The highest BCUT2D eigenvalue weighted by Crippen LogP contribution is 2.24. The number of hydrogen-bond acceptors (Lipinski definition) is 2. The summed E-state index contributed by atoms with van der Waals surface area (Å²) >= 11 is 0. The summed E-state index contributed by atoms with van der Waals surface area (Å²) in [7, 11) is -3.69. The molecule has 0 radical (unpaired) electrons. The Kier molecular flexibility index (Phi) is 5.00. The van der Waals surface area contributed by atoms with Gasteiger partial charge in [-0.2, -0.15) is 0 Å². The van der Waals surface area contributed by atoms with Gasteiger partial charge in [-0.3, -0.25) is 0 Å². The molecule has 0 aliphatic carbocycles. The standard InChI is InChI=1S/C21H19NO2S/c1-18-12-14-21(15-13-18)25(23,24)22(20-10-6-3-7-11-20)17-16-19-8-4-2-5-9-19/h2-17H,1H3/b17-16+. The number of sulfonamides is 1. The van der Waals surface area contributed by atoms with Crippen molar-refractivity contribution in [3.63, 3.8) is 0 Å². The Morgan fingerprint density at radius 3 is 1.92 bits per heavy atom. The molecule has 0 fully saturated rings. The van der Waals surface area contributed by atoms with Crippen LogP contribution in [0.3, 0.4) is 0 Å². The van der Waals surface area contributed by atoms with Gasteiger partial charge in [0.2, 0.25) is 0 Å². The van der Waals surface area contributed by atoms with E-state index in [1.807, 2.05) is 55.5 Å². The number of aryl methyl sites for hydroxylation is 1. The highest BCUT2D eigenvalue weighted by molar-refractivity contribution is 7.93. The Labute approximate surface area is 148 Å². The Morgan fingerprint density at radius 2 is 1.32 bits per heavy atom. The van der Waals surface area contributed by atoms with E-state index in [-0.39, 0.29) is 4.90 Å². The first-order chi connectivity index (χ1) is 12.1. The Bertz CT molecular complexity index is 948. The highest BCUT2D eigenvalue weighted by Gasteiger charge is 2.22. The summed E-state index contributed by atoms with van der Waals surface area (Å²) in [5.74, 6) is 0. The van der Waals surface area contributed by atoms with Crippen LogP contribution in [0, 0.1) is 6.92 Å². The molecule has 0 saturated carbocycles. The topological polar surface area (TPSA) is 37.4 Å². The Hall–Kier alpha value is -2.85. The van der Waals surface area contributed by atoms with E-state index in [9.17, 15) is 8.42 Å². The van der Waals surface area contributed by atoms with Crippen LogP contribution in [-0.4, -0.2) is 8.42 Å². The molecule has 0 bridgehead atoms. The molecule has 0 atom stereocenters. The molecule has 3 rings (SSSR count). The van der Waals surface area contributed by atoms with Crippen molar-refractivity contribution in [3.8, 4) is 0 Å². The van der Waals surface area contributed by atoms with Gasteiger partial charge in [-0.25, -0.2) is 12.7 Å². The monoisotopic (exact) mass is 349 g/mol. The Morgan fingerprint density at radius 1 is 0.760 bits per heavy atom. The van der Waals surface area contributed by atoms with E-state index >= 15 is 0 Å². The minimum atomic E-state index is -3.69. The average molecular weight is 349 g/mol. The van der Waals surface area contributed by atoms with Crippen LogP contribution in [0.5, 0.6) is 0 Å². The van der Waals surface area contributed by atoms with Crippen LogP contribution < -0.4 is 4.31 Å². The van der Waals surface area contributed by atoms with Crippen LogP contribution in [0.15, 0.2) is 96.0 Å². The van der Waals surface area contributed by atoms with E-state index < -0.39 is 10.0 Å². The second-order valence-corrected chi connectivity index (χ2v) is 7.49. The molecule has 3 nitrogen and oxygen atoms in total. The molecule has 0 aliphatic heterocycles. The molecule has 0 N–H and O–H groups in total. The van der Waals surface area contributed by atoms with Crippen LogP contribution in [0.2, 0.25) is 0 Å². The maximum absolute atomic E-state index is 13.1. The number of benzene rings is 3. The summed E-state index contributed by atoms with van der Waals surface area (Å²) in [6, 6.07) is 25.6. The number of anilines is 1. The van der Waals surface area contributed by atoms with Crippen molar-refractivity contribution in [2.45, 2.75) is 11.8 Å². The van der Waals surface area contributed by atoms with Crippen molar-refractivity contribution in [2.24, 2.45) is 0 Å². The largest absolute Gasteiger partial charge is 0.268 e. The van der Waals surface area contributed by atoms with Gasteiger partial charge in [0.05, 0.1) is 10.6 Å². The number of hydrogen-bond donors (Lipinski definition) is 0. The fraction of sp³-hybridized carbons (Fsp3) is 0.0476. The summed E-state index contributed by atoms with van der Waals surface area (Å²) in [6.07, 6.45) is 3.39. The third-order valence-electron chi connectivity index (χ3n) is 3.79. The molecule has 0 unspecified atom stereocenters. The molecule has 3 aromatic rings. The third-order valence-corrected chi connectivity index (χ3v) is 5.51. The van der Waals surface area contributed by atoms with Gasteiger partial charge in [-0.05, 0) is 42.8 Å². The van der Waals surface area contributed by atoms with Crippen molar-refractivity contribution in [1.29, 1.82) is 0 Å². The first-order valence-corrected chi connectivity index (χ1v) is 9.41. The second kappa shape index (κ2) is 7.36. The molecule has 0 spiro atoms. The first kappa shape index (κ1) is 17.0. The second-order valence-electron chi connectivity index (χ2n) is 5.68. The van der Waals surface area contributed by atoms with Gasteiger partial charge in [-0.15, -0.1) is 0 Å². The minimum absolute atomic E-state index is 0.264. The number of para-hydroxylation sites is 1. The quantitative estimate of drug-likeness (QED) is 0.659. The van der Waals surface area contributed by atoms with Crippen LogP contribution in [0.4, 0.5) is 5.69 Å². The molecule has 0 heterocycles. The van der Waals surface area contributed by atoms with Crippen molar-refractivity contribution in [2.75, 3.05) is 4.31 Å². The Balaban J connectivity index is 2.05. The van der Waals surface area contributed by atoms with Gasteiger partial charge in [0.15, 0.2) is 0 Å². The fourth-order valence-electron chi connectivity index (χ4n) is 2.42. The zero-order chi connectivity index (χ0) is 17.7. The minimum Gasteiger partial charge on any atom is -0.242 e. The molecule has 126 valence electrons. The fourth-order valence-corrected chi connectivity index (χ4v) is 3.75. The zero-order valence-corrected chi connectivity index (χ0v) is 14.7. The van der Waals surface area contributed by atoms with Crippen molar-refractivity contribution in [1.82, 2.24) is 0 Å². The maximum atomic E-state index is 13.1. The third kappa shape index (κ3) is 3.98. The van der Waals surface area contributed by atoms with Gasteiger partial charge in [-0.1, -0.05) is 66.2 Å². The first-order valence-electron chi connectivity index (χ1n) is 7.97. The molecule has 0 amide bonds. The summed E-state index contributed by atoms with van der Waals surface area (Å²) in [6.45, 7) is 1.93. The summed E-state index contributed by atoms with van der Waals surface area (Å²) in [4.78, 5) is 0.264. The number of rotatable bonds is 5. The number of nitrogens with zero attached hydrogens (tertiary/aromatic N) is 1. The van der Waals surface area contributed by atoms with Crippen LogP contribution in [0.25, 0.3) is 6.08 Å². The van der Waals surface area contributed by atoms with Gasteiger partial charge in [0.25, 0.3) is 10.0 Å². The van der Waals surface area contributed by atoms with E-state index in [1.54, 1.807) is 48.7 Å². The predicted octanol–water partition coefficient (Wildman–Crippen LogP) is 4.86. The molecule has 3 aromatic carbocycles. The average Bonchev–Trinajstić information content (AvgIpc) is 2.64. The highest BCUT2D eigenvalue weighted by atomic mass is 32.2. The van der Waals surface area contributed by atoms with Gasteiger partial charge in [0.1, 0.15) is 0 Å². The van der Waals surface area contributed by atoms with Crippen LogP contribution in [0.1, 0.15) is 11.1 Å². The lowest BCUT2D eigenvalue weighted by molar-refractivity contribution is 0.596. The lowest BCUT2D eigenvalue weighted by atomic mass is 10.2. The van der Waals surface area contributed by atoms with Gasteiger partial charge >= 0.3 is 0 Å². The molecule has 0 aliphatic rings. The van der Waals surface area contributed by atoms with E-state index in [1.165, 1.54) is 4.31 Å². The lowest BCUT2D eigenvalue weighted by Crippen LogP contribution is -2.25. The van der Waals surface area contributed by atoms with Gasteiger partial charge in [0, 0.05) is 6.20 Å². The molecule has 25 heavy (non-hydrogen) atoms. The van der Waals surface area contributed by atoms with Crippen molar-refractivity contribution >= 4 is 21.8 Å². The van der Waals surface area contributed by atoms with E-state index in [0.29, 0.717) is 5.69 Å². The zero-order valence-electron chi connectivity index (χ0n) is 13.9. The van der Waals surface area contributed by atoms with Crippen LogP contribution >= 0.6 is 0 Å². The molecule has 0 saturated heterocycles. The van der Waals surface area contributed by atoms with Crippen LogP contribution in [-0.2, 0) is 10.0 Å². The van der Waals surface area contributed by atoms with E-state index in [4.69, 9.17) is 0 Å². The normalized spacial score (nSPS) is 11.6. The van der Waals surface area contributed by atoms with Crippen molar-refractivity contribution in [3.05, 3.63) is 102 Å². The molecular weight excluding hydrogens is 330 g/mol. The SMILES string of the molecule is Cc1ccc(S(=O)(=O)N(/C=C/c2ccccc2)c2ccccc2)cc1. The smallest absolute Gasteiger partial charge is 0.242 e.